The van der Waals surface area contributed by atoms with Crippen LogP contribution in [0.25, 0.3) is 0 Å². The average molecular weight is 250 g/mol. The summed E-state index contributed by atoms with van der Waals surface area (Å²) in [5, 5.41) is 9.26. The highest BCUT2D eigenvalue weighted by Gasteiger charge is 2.09. The van der Waals surface area contributed by atoms with Crippen LogP contribution in [0, 0.1) is 0 Å². The number of hydrogen-bond donors (Lipinski definition) is 2. The second kappa shape index (κ2) is 5.01. The van der Waals surface area contributed by atoms with Gasteiger partial charge in [-0.3, -0.25) is 4.79 Å². The molecule has 0 radical (unpaired) electrons. The summed E-state index contributed by atoms with van der Waals surface area (Å²) in [5.41, 5.74) is 1.26. The Kier molecular flexibility index (Phi) is 3.44. The van der Waals surface area contributed by atoms with E-state index in [1.807, 2.05) is 37.3 Å². The highest BCUT2D eigenvalue weighted by atomic mass is 35.5. The van der Waals surface area contributed by atoms with Crippen LogP contribution < -0.4 is 10.9 Å². The zero-order chi connectivity index (χ0) is 12.3. The number of hydrogen-bond acceptors (Lipinski definition) is 3. The van der Waals surface area contributed by atoms with Gasteiger partial charge in [0.2, 0.25) is 0 Å². The Morgan fingerprint density at radius 1 is 1.35 bits per heavy atom. The van der Waals surface area contributed by atoms with Gasteiger partial charge in [0.05, 0.1) is 11.9 Å². The number of nitrogens with one attached hydrogen (secondary N) is 2. The van der Waals surface area contributed by atoms with E-state index in [1.165, 1.54) is 6.20 Å². The molecule has 5 heteroatoms. The standard InChI is InChI=1S/C12H12ClN3O/c1-8(9-5-3-2-4-6-9)15-10-7-14-16-12(17)11(10)13/h2-8H,1H3,(H2,15,16,17). The highest BCUT2D eigenvalue weighted by molar-refractivity contribution is 6.32. The molecular formula is C12H12ClN3O. The molecule has 1 heterocycles. The maximum atomic E-state index is 11.3. The maximum Gasteiger partial charge on any atom is 0.285 e. The fraction of sp³-hybridized carbons (Fsp3) is 0.167. The summed E-state index contributed by atoms with van der Waals surface area (Å²) in [7, 11) is 0. The van der Waals surface area contributed by atoms with Crippen molar-refractivity contribution in [3.8, 4) is 0 Å². The molecule has 2 rings (SSSR count). The second-order valence-electron chi connectivity index (χ2n) is 3.70. The van der Waals surface area contributed by atoms with E-state index in [0.29, 0.717) is 5.69 Å². The molecule has 0 aliphatic heterocycles. The smallest absolute Gasteiger partial charge is 0.285 e. The first-order chi connectivity index (χ1) is 8.18. The molecule has 0 aliphatic rings. The molecule has 17 heavy (non-hydrogen) atoms. The normalized spacial score (nSPS) is 12.1. The van der Waals surface area contributed by atoms with Crippen LogP contribution in [0.5, 0.6) is 0 Å². The third-order valence-electron chi connectivity index (χ3n) is 2.47. The van der Waals surface area contributed by atoms with Gasteiger partial charge >= 0.3 is 0 Å². The van der Waals surface area contributed by atoms with E-state index in [2.05, 4.69) is 15.5 Å². The first-order valence-corrected chi connectivity index (χ1v) is 5.61. The lowest BCUT2D eigenvalue weighted by Crippen LogP contribution is -2.14. The Labute approximate surface area is 104 Å². The van der Waals surface area contributed by atoms with Crippen molar-refractivity contribution in [1.29, 1.82) is 0 Å². The number of aromatic nitrogens is 2. The van der Waals surface area contributed by atoms with E-state index >= 15 is 0 Å². The van der Waals surface area contributed by atoms with Gasteiger partial charge in [0.25, 0.3) is 5.56 Å². The van der Waals surface area contributed by atoms with Gasteiger partial charge < -0.3 is 5.32 Å². The molecule has 0 aliphatic carbocycles. The Hall–Kier alpha value is -1.81. The predicted octanol–water partition coefficient (Wildman–Crippen LogP) is 2.60. The molecule has 0 amide bonds. The van der Waals surface area contributed by atoms with Crippen molar-refractivity contribution in [2.75, 3.05) is 5.32 Å². The SMILES string of the molecule is CC(Nc1cn[nH]c(=O)c1Cl)c1ccccc1. The summed E-state index contributed by atoms with van der Waals surface area (Å²) >= 11 is 5.88. The summed E-state index contributed by atoms with van der Waals surface area (Å²) in [6.07, 6.45) is 1.50. The molecule has 2 aromatic rings. The fourth-order valence-electron chi connectivity index (χ4n) is 1.54. The molecule has 1 aromatic heterocycles. The lowest BCUT2D eigenvalue weighted by atomic mass is 10.1. The number of H-pyrrole nitrogens is 1. The van der Waals surface area contributed by atoms with E-state index < -0.39 is 5.56 Å². The summed E-state index contributed by atoms with van der Waals surface area (Å²) in [6, 6.07) is 9.95. The van der Waals surface area contributed by atoms with Crippen LogP contribution in [0.2, 0.25) is 5.02 Å². The Morgan fingerprint density at radius 3 is 2.76 bits per heavy atom. The van der Waals surface area contributed by atoms with Gasteiger partial charge in [0.15, 0.2) is 0 Å². The van der Waals surface area contributed by atoms with Crippen molar-refractivity contribution in [1.82, 2.24) is 10.2 Å². The van der Waals surface area contributed by atoms with Gasteiger partial charge in [-0.05, 0) is 12.5 Å². The second-order valence-corrected chi connectivity index (χ2v) is 4.08. The van der Waals surface area contributed by atoms with Gasteiger partial charge in [-0.15, -0.1) is 0 Å². The van der Waals surface area contributed by atoms with Gasteiger partial charge in [-0.1, -0.05) is 41.9 Å². The molecular weight excluding hydrogens is 238 g/mol. The van der Waals surface area contributed by atoms with Crippen molar-refractivity contribution < 1.29 is 0 Å². The van der Waals surface area contributed by atoms with Crippen LogP contribution >= 0.6 is 11.6 Å². The lowest BCUT2D eigenvalue weighted by Gasteiger charge is -2.15. The summed E-state index contributed by atoms with van der Waals surface area (Å²) in [5.74, 6) is 0. The first-order valence-electron chi connectivity index (χ1n) is 5.23. The average Bonchev–Trinajstić information content (AvgIpc) is 2.36. The van der Waals surface area contributed by atoms with Crippen molar-refractivity contribution in [3.63, 3.8) is 0 Å². The predicted molar refractivity (Wildman–Crippen MR) is 68.3 cm³/mol. The number of anilines is 1. The summed E-state index contributed by atoms with van der Waals surface area (Å²) in [4.78, 5) is 11.3. The minimum atomic E-state index is -0.392. The van der Waals surface area contributed by atoms with Gasteiger partial charge in [0, 0.05) is 6.04 Å². The number of rotatable bonds is 3. The van der Waals surface area contributed by atoms with E-state index in [1.54, 1.807) is 0 Å². The zero-order valence-corrected chi connectivity index (χ0v) is 10.0. The van der Waals surface area contributed by atoms with E-state index in [0.717, 1.165) is 5.56 Å². The number of halogens is 1. The van der Waals surface area contributed by atoms with Crippen molar-refractivity contribution in [3.05, 3.63) is 57.5 Å². The number of benzene rings is 1. The van der Waals surface area contributed by atoms with Gasteiger partial charge in [-0.25, -0.2) is 5.10 Å². The summed E-state index contributed by atoms with van der Waals surface area (Å²) in [6.45, 7) is 1.99. The van der Waals surface area contributed by atoms with Crippen LogP contribution in [0.4, 0.5) is 5.69 Å². The molecule has 1 aromatic carbocycles. The molecule has 0 spiro atoms. The van der Waals surface area contributed by atoms with Crippen molar-refractivity contribution in [2.24, 2.45) is 0 Å². The van der Waals surface area contributed by atoms with E-state index in [-0.39, 0.29) is 11.1 Å². The number of nitrogens with zero attached hydrogens (tertiary/aromatic N) is 1. The molecule has 0 saturated carbocycles. The Balaban J connectivity index is 2.22. The van der Waals surface area contributed by atoms with Gasteiger partial charge in [0.1, 0.15) is 5.02 Å². The first kappa shape index (κ1) is 11.7. The van der Waals surface area contributed by atoms with Gasteiger partial charge in [-0.2, -0.15) is 5.10 Å². The largest absolute Gasteiger partial charge is 0.376 e. The lowest BCUT2D eigenvalue weighted by molar-refractivity contribution is 0.875. The maximum absolute atomic E-state index is 11.3. The third-order valence-corrected chi connectivity index (χ3v) is 2.84. The highest BCUT2D eigenvalue weighted by Crippen LogP contribution is 2.21. The van der Waals surface area contributed by atoms with Crippen LogP contribution in [-0.4, -0.2) is 10.2 Å². The Bertz CT molecular complexity index is 553. The molecule has 1 unspecified atom stereocenters. The van der Waals surface area contributed by atoms with E-state index in [9.17, 15) is 4.79 Å². The monoisotopic (exact) mass is 249 g/mol. The molecule has 4 nitrogen and oxygen atoms in total. The minimum Gasteiger partial charge on any atom is -0.376 e. The molecule has 1 atom stereocenters. The molecule has 88 valence electrons. The summed E-state index contributed by atoms with van der Waals surface area (Å²) < 4.78 is 0. The molecule has 2 N–H and O–H groups in total. The van der Waals surface area contributed by atoms with Crippen LogP contribution in [-0.2, 0) is 0 Å². The fourth-order valence-corrected chi connectivity index (χ4v) is 1.69. The quantitative estimate of drug-likeness (QED) is 0.879. The molecule has 0 saturated heterocycles. The number of aromatic amines is 1. The Morgan fingerprint density at radius 2 is 2.06 bits per heavy atom. The van der Waals surface area contributed by atoms with Crippen molar-refractivity contribution in [2.45, 2.75) is 13.0 Å². The topological polar surface area (TPSA) is 57.8 Å². The zero-order valence-electron chi connectivity index (χ0n) is 9.27. The van der Waals surface area contributed by atoms with Crippen LogP contribution in [0.3, 0.4) is 0 Å². The van der Waals surface area contributed by atoms with Crippen LogP contribution in [0.1, 0.15) is 18.5 Å². The molecule has 0 fully saturated rings. The van der Waals surface area contributed by atoms with Crippen LogP contribution in [0.15, 0.2) is 41.3 Å². The van der Waals surface area contributed by atoms with Crippen molar-refractivity contribution >= 4 is 17.3 Å². The minimum absolute atomic E-state index is 0.0531. The third kappa shape index (κ3) is 2.65. The molecule has 0 bridgehead atoms. The van der Waals surface area contributed by atoms with E-state index in [4.69, 9.17) is 11.6 Å².